The van der Waals surface area contributed by atoms with Gasteiger partial charge in [0.1, 0.15) is 5.60 Å². The summed E-state index contributed by atoms with van der Waals surface area (Å²) in [5, 5.41) is 9.72. The van der Waals surface area contributed by atoms with Gasteiger partial charge in [-0.2, -0.15) is 0 Å². The van der Waals surface area contributed by atoms with Crippen molar-refractivity contribution in [1.82, 2.24) is 0 Å². The molecule has 0 saturated heterocycles. The highest BCUT2D eigenvalue weighted by Crippen LogP contribution is 2.68. The predicted octanol–water partition coefficient (Wildman–Crippen LogP) is 7.74. The molecule has 0 aromatic rings. The molecule has 0 amide bonds. The van der Waals surface area contributed by atoms with Crippen molar-refractivity contribution < 1.29 is 19.4 Å². The largest absolute Gasteiger partial charge is 0.481 e. The van der Waals surface area contributed by atoms with E-state index in [0.717, 1.165) is 36.0 Å². The Morgan fingerprint density at radius 1 is 0.943 bits per heavy atom. The molecule has 4 nitrogen and oxygen atoms in total. The van der Waals surface area contributed by atoms with Gasteiger partial charge in [-0.1, -0.05) is 34.1 Å². The molecule has 4 rings (SSSR count). The average molecular weight is 489 g/mol. The highest BCUT2D eigenvalue weighted by Gasteiger charge is 2.60. The van der Waals surface area contributed by atoms with Gasteiger partial charge in [-0.05, 0) is 137 Å². The number of ether oxygens (including phenoxy) is 1. The van der Waals surface area contributed by atoms with Gasteiger partial charge in [-0.15, -0.1) is 0 Å². The molecule has 4 saturated carbocycles. The fraction of sp³-hybridized carbons (Fsp3) is 0.935. The number of hydrogen-bond donors (Lipinski definition) is 1. The van der Waals surface area contributed by atoms with Crippen LogP contribution in [0.15, 0.2) is 0 Å². The molecule has 4 aliphatic carbocycles. The van der Waals surface area contributed by atoms with Crippen LogP contribution in [0, 0.1) is 58.2 Å². The summed E-state index contributed by atoms with van der Waals surface area (Å²) in [6.07, 6.45) is 13.7. The minimum absolute atomic E-state index is 0.371. The molecular formula is C31H52O4. The number of carboxylic acid groups (broad SMARTS) is 1. The van der Waals surface area contributed by atoms with Crippen LogP contribution in [0.25, 0.3) is 0 Å². The van der Waals surface area contributed by atoms with Crippen molar-refractivity contribution >= 4 is 11.9 Å². The van der Waals surface area contributed by atoms with E-state index < -0.39 is 23.5 Å². The Balaban J connectivity index is 1.42. The normalized spacial score (nSPS) is 42.8. The summed E-state index contributed by atoms with van der Waals surface area (Å²) in [5.41, 5.74) is 0.270. The smallest absolute Gasteiger partial charge is 0.320 e. The number of fused-ring (bicyclic) bond motifs is 5. The van der Waals surface area contributed by atoms with Crippen molar-refractivity contribution in [2.45, 2.75) is 125 Å². The van der Waals surface area contributed by atoms with Crippen molar-refractivity contribution in [3.05, 3.63) is 0 Å². The van der Waals surface area contributed by atoms with Crippen LogP contribution in [0.2, 0.25) is 0 Å². The van der Waals surface area contributed by atoms with Crippen LogP contribution in [-0.2, 0) is 14.3 Å². The first-order chi connectivity index (χ1) is 16.3. The Morgan fingerprint density at radius 3 is 2.26 bits per heavy atom. The van der Waals surface area contributed by atoms with E-state index in [4.69, 9.17) is 4.74 Å². The summed E-state index contributed by atoms with van der Waals surface area (Å²) in [7, 11) is 0. The first-order valence-corrected chi connectivity index (χ1v) is 14.7. The molecule has 200 valence electrons. The maximum Gasteiger partial charge on any atom is 0.320 e. The van der Waals surface area contributed by atoms with E-state index in [9.17, 15) is 14.7 Å². The second-order valence-electron chi connectivity index (χ2n) is 14.7. The monoisotopic (exact) mass is 488 g/mol. The Hall–Kier alpha value is -1.06. The molecule has 1 N–H and O–H groups in total. The lowest BCUT2D eigenvalue weighted by molar-refractivity contribution is -0.167. The number of hydrogen-bond acceptors (Lipinski definition) is 3. The molecule has 4 fully saturated rings. The summed E-state index contributed by atoms with van der Waals surface area (Å²) >= 11 is 0. The Morgan fingerprint density at radius 2 is 1.60 bits per heavy atom. The first kappa shape index (κ1) is 27.0. The zero-order valence-electron chi connectivity index (χ0n) is 23.6. The van der Waals surface area contributed by atoms with Gasteiger partial charge in [0.2, 0.25) is 0 Å². The maximum atomic E-state index is 12.5. The summed E-state index contributed by atoms with van der Waals surface area (Å²) in [4.78, 5) is 24.4. The van der Waals surface area contributed by atoms with E-state index in [1.54, 1.807) is 20.8 Å². The number of carbonyl (C=O) groups excluding carboxylic acids is 1. The van der Waals surface area contributed by atoms with Gasteiger partial charge in [-0.3, -0.25) is 9.59 Å². The van der Waals surface area contributed by atoms with E-state index >= 15 is 0 Å². The molecule has 35 heavy (non-hydrogen) atoms. The standard InChI is InChI=1S/C31H52O4/c1-19-14-16-30(6)21(18-19)9-11-22-25-13-12-24(31(25,7)17-15-26(22)30)20(2)8-10-23(27(32)33)28(34)35-29(3,4)5/h19-26H,8-18H2,1-7H3,(H,32,33)/t19-,20-,21?,22?,23?,24?,25?,26?,30+,31-/m1/s1. The molecule has 0 radical (unpaired) electrons. The van der Waals surface area contributed by atoms with Crippen LogP contribution in [-0.4, -0.2) is 22.6 Å². The third-order valence-corrected chi connectivity index (χ3v) is 11.6. The molecule has 6 unspecified atom stereocenters. The third-order valence-electron chi connectivity index (χ3n) is 11.6. The van der Waals surface area contributed by atoms with Crippen molar-refractivity contribution in [2.24, 2.45) is 58.2 Å². The van der Waals surface area contributed by atoms with E-state index in [-0.39, 0.29) is 0 Å². The molecule has 0 aliphatic heterocycles. The lowest BCUT2D eigenvalue weighted by Gasteiger charge is -2.61. The topological polar surface area (TPSA) is 63.6 Å². The molecule has 4 aliphatic rings. The molecule has 0 aromatic heterocycles. The minimum Gasteiger partial charge on any atom is -0.481 e. The highest BCUT2D eigenvalue weighted by molar-refractivity contribution is 5.94. The van der Waals surface area contributed by atoms with Crippen LogP contribution in [0.4, 0.5) is 0 Å². The second-order valence-corrected chi connectivity index (χ2v) is 14.7. The Bertz CT molecular complexity index is 798. The zero-order chi connectivity index (χ0) is 25.8. The lowest BCUT2D eigenvalue weighted by Crippen LogP contribution is -2.53. The number of esters is 1. The van der Waals surface area contributed by atoms with Crippen molar-refractivity contribution in [1.29, 1.82) is 0 Å². The summed E-state index contributed by atoms with van der Waals surface area (Å²) in [6, 6.07) is 0. The zero-order valence-corrected chi connectivity index (χ0v) is 23.6. The second kappa shape index (κ2) is 9.67. The fourth-order valence-electron chi connectivity index (χ4n) is 9.79. The summed E-state index contributed by atoms with van der Waals surface area (Å²) in [6.45, 7) is 15.4. The number of carboxylic acids is 1. The minimum atomic E-state index is -1.05. The van der Waals surface area contributed by atoms with E-state index in [1.807, 2.05) is 0 Å². The molecule has 0 spiro atoms. The van der Waals surface area contributed by atoms with Gasteiger partial charge in [0.05, 0.1) is 0 Å². The highest BCUT2D eigenvalue weighted by atomic mass is 16.6. The van der Waals surface area contributed by atoms with Crippen molar-refractivity contribution in [2.75, 3.05) is 0 Å². The van der Waals surface area contributed by atoms with Gasteiger partial charge in [0.15, 0.2) is 5.92 Å². The molecule has 4 heteroatoms. The summed E-state index contributed by atoms with van der Waals surface area (Å²) in [5.74, 6) is 2.85. The first-order valence-electron chi connectivity index (χ1n) is 14.7. The van der Waals surface area contributed by atoms with E-state index in [1.165, 1.54) is 57.8 Å². The quantitative estimate of drug-likeness (QED) is 0.307. The number of carbonyl (C=O) groups is 2. The lowest BCUT2D eigenvalue weighted by atomic mass is 9.44. The number of rotatable bonds is 6. The van der Waals surface area contributed by atoms with Crippen LogP contribution >= 0.6 is 0 Å². The Kier molecular flexibility index (Phi) is 7.46. The fourth-order valence-corrected chi connectivity index (χ4v) is 9.79. The van der Waals surface area contributed by atoms with Gasteiger partial charge in [0.25, 0.3) is 0 Å². The van der Waals surface area contributed by atoms with Gasteiger partial charge in [0, 0.05) is 0 Å². The van der Waals surface area contributed by atoms with Gasteiger partial charge < -0.3 is 9.84 Å². The van der Waals surface area contributed by atoms with E-state index in [0.29, 0.717) is 29.1 Å². The van der Waals surface area contributed by atoms with Gasteiger partial charge in [-0.25, -0.2) is 0 Å². The number of aliphatic carboxylic acids is 1. The maximum absolute atomic E-state index is 12.5. The van der Waals surface area contributed by atoms with E-state index in [2.05, 4.69) is 27.7 Å². The summed E-state index contributed by atoms with van der Waals surface area (Å²) < 4.78 is 5.42. The average Bonchev–Trinajstić information content (AvgIpc) is 3.10. The van der Waals surface area contributed by atoms with Crippen molar-refractivity contribution in [3.8, 4) is 0 Å². The molecule has 0 aromatic carbocycles. The Labute approximate surface area is 214 Å². The van der Waals surface area contributed by atoms with Crippen LogP contribution in [0.5, 0.6) is 0 Å². The molecular weight excluding hydrogens is 436 g/mol. The van der Waals surface area contributed by atoms with Crippen LogP contribution in [0.1, 0.15) is 119 Å². The van der Waals surface area contributed by atoms with Gasteiger partial charge >= 0.3 is 11.9 Å². The predicted molar refractivity (Wildman–Crippen MR) is 140 cm³/mol. The van der Waals surface area contributed by atoms with Crippen LogP contribution < -0.4 is 0 Å². The SMILES string of the molecule is C[C@@H]1CC[C@@]2(C)C(CCC3C2CC[C@@]2(C)C3CCC2[C@H](C)CCC(C(=O)O)C(=O)OC(C)(C)C)C1. The molecule has 0 heterocycles. The molecule has 10 atom stereocenters. The van der Waals surface area contributed by atoms with Crippen molar-refractivity contribution in [3.63, 3.8) is 0 Å². The third kappa shape index (κ3) is 5.06. The molecule has 0 bridgehead atoms. The van der Waals surface area contributed by atoms with Crippen LogP contribution in [0.3, 0.4) is 0 Å².